The lowest BCUT2D eigenvalue weighted by molar-refractivity contribution is -0.132. The van der Waals surface area contributed by atoms with Crippen LogP contribution in [-0.2, 0) is 9.59 Å². The summed E-state index contributed by atoms with van der Waals surface area (Å²) in [5.74, 6) is -0.206. The number of carbonyl (C=O) groups excluding carboxylic acids is 2. The van der Waals surface area contributed by atoms with Gasteiger partial charge in [0, 0.05) is 29.8 Å². The van der Waals surface area contributed by atoms with E-state index in [1.165, 1.54) is 22.7 Å². The molecule has 2 rings (SSSR count). The Balaban J connectivity index is 1.83. The van der Waals surface area contributed by atoms with Crippen molar-refractivity contribution in [3.05, 3.63) is 58.9 Å². The Labute approximate surface area is 164 Å². The molecule has 2 aromatic carbocycles. The van der Waals surface area contributed by atoms with Gasteiger partial charge in [-0.15, -0.1) is 11.8 Å². The van der Waals surface area contributed by atoms with Crippen molar-refractivity contribution in [2.75, 3.05) is 24.7 Å². The number of halogens is 1. The van der Waals surface area contributed by atoms with Gasteiger partial charge in [-0.25, -0.2) is 4.39 Å². The number of rotatable bonds is 7. The summed E-state index contributed by atoms with van der Waals surface area (Å²) in [5, 5.41) is 2.89. The van der Waals surface area contributed by atoms with E-state index < -0.39 is 0 Å². The largest absolute Gasteiger partial charge is 0.336 e. The topological polar surface area (TPSA) is 49.4 Å². The SMILES string of the molecule is Cc1cc(C)c(NC(=O)CN(C)C(=O)CCSc2ccccc2F)c(C)c1. The van der Waals surface area contributed by atoms with Gasteiger partial charge in [-0.1, -0.05) is 29.8 Å². The first-order valence-corrected chi connectivity index (χ1v) is 9.75. The molecular weight excluding hydrogens is 363 g/mol. The Morgan fingerprint density at radius 1 is 1.11 bits per heavy atom. The van der Waals surface area contributed by atoms with Crippen molar-refractivity contribution in [1.29, 1.82) is 0 Å². The molecular formula is C21H25FN2O2S. The van der Waals surface area contributed by atoms with Gasteiger partial charge >= 0.3 is 0 Å². The Kier molecular flexibility index (Phi) is 7.42. The predicted molar refractivity (Wildman–Crippen MR) is 109 cm³/mol. The molecule has 2 amide bonds. The third-order valence-corrected chi connectivity index (χ3v) is 5.21. The molecule has 144 valence electrons. The summed E-state index contributed by atoms with van der Waals surface area (Å²) in [7, 11) is 1.60. The first-order chi connectivity index (χ1) is 12.8. The second-order valence-electron chi connectivity index (χ2n) is 6.60. The van der Waals surface area contributed by atoms with E-state index in [9.17, 15) is 14.0 Å². The van der Waals surface area contributed by atoms with Crippen molar-refractivity contribution in [3.63, 3.8) is 0 Å². The van der Waals surface area contributed by atoms with Crippen LogP contribution in [-0.4, -0.2) is 36.1 Å². The Morgan fingerprint density at radius 3 is 2.37 bits per heavy atom. The van der Waals surface area contributed by atoms with Crippen molar-refractivity contribution in [2.24, 2.45) is 0 Å². The molecule has 0 spiro atoms. The molecule has 0 fully saturated rings. The molecule has 0 unspecified atom stereocenters. The minimum atomic E-state index is -0.286. The molecule has 0 aliphatic heterocycles. The third kappa shape index (κ3) is 6.10. The maximum Gasteiger partial charge on any atom is 0.243 e. The van der Waals surface area contributed by atoms with E-state index >= 15 is 0 Å². The molecule has 6 heteroatoms. The quantitative estimate of drug-likeness (QED) is 0.718. The van der Waals surface area contributed by atoms with Gasteiger partial charge in [-0.2, -0.15) is 0 Å². The van der Waals surface area contributed by atoms with Crippen LogP contribution in [0.25, 0.3) is 0 Å². The van der Waals surface area contributed by atoms with Crippen LogP contribution in [0.4, 0.5) is 10.1 Å². The number of carbonyl (C=O) groups is 2. The van der Waals surface area contributed by atoms with Crippen LogP contribution >= 0.6 is 11.8 Å². The van der Waals surface area contributed by atoms with Crippen molar-refractivity contribution in [1.82, 2.24) is 4.90 Å². The lowest BCUT2D eigenvalue weighted by atomic mass is 10.1. The molecule has 0 atom stereocenters. The van der Waals surface area contributed by atoms with Crippen LogP contribution in [0, 0.1) is 26.6 Å². The summed E-state index contributed by atoms with van der Waals surface area (Å²) < 4.78 is 13.6. The summed E-state index contributed by atoms with van der Waals surface area (Å²) in [6.07, 6.45) is 0.241. The van der Waals surface area contributed by atoms with E-state index in [1.807, 2.05) is 32.9 Å². The van der Waals surface area contributed by atoms with Crippen molar-refractivity contribution in [3.8, 4) is 0 Å². The van der Waals surface area contributed by atoms with Gasteiger partial charge < -0.3 is 10.2 Å². The molecule has 0 heterocycles. The van der Waals surface area contributed by atoms with Crippen molar-refractivity contribution >= 4 is 29.3 Å². The minimum absolute atomic E-state index is 0.0179. The van der Waals surface area contributed by atoms with Crippen LogP contribution in [0.2, 0.25) is 0 Å². The molecule has 0 saturated heterocycles. The number of benzene rings is 2. The van der Waals surface area contributed by atoms with E-state index in [0.29, 0.717) is 10.6 Å². The summed E-state index contributed by atoms with van der Waals surface area (Å²) in [5.41, 5.74) is 3.93. The van der Waals surface area contributed by atoms with Gasteiger partial charge in [0.2, 0.25) is 11.8 Å². The van der Waals surface area contributed by atoms with E-state index in [-0.39, 0.29) is 30.6 Å². The highest BCUT2D eigenvalue weighted by Crippen LogP contribution is 2.23. The smallest absolute Gasteiger partial charge is 0.243 e. The minimum Gasteiger partial charge on any atom is -0.336 e. The number of amides is 2. The zero-order valence-corrected chi connectivity index (χ0v) is 17.0. The van der Waals surface area contributed by atoms with Crippen molar-refractivity contribution in [2.45, 2.75) is 32.1 Å². The number of thioether (sulfide) groups is 1. The molecule has 0 aliphatic carbocycles. The number of nitrogens with zero attached hydrogens (tertiary/aromatic N) is 1. The molecule has 4 nitrogen and oxygen atoms in total. The number of likely N-dealkylation sites (N-methyl/N-ethyl adjacent to an activating group) is 1. The Morgan fingerprint density at radius 2 is 1.74 bits per heavy atom. The molecule has 0 saturated carbocycles. The van der Waals surface area contributed by atoms with Gasteiger partial charge in [-0.3, -0.25) is 9.59 Å². The van der Waals surface area contributed by atoms with Gasteiger partial charge in [0.05, 0.1) is 6.54 Å². The number of aryl methyl sites for hydroxylation is 3. The maximum absolute atomic E-state index is 13.6. The van der Waals surface area contributed by atoms with Crippen LogP contribution in [0.1, 0.15) is 23.1 Å². The van der Waals surface area contributed by atoms with E-state index in [2.05, 4.69) is 5.32 Å². The average molecular weight is 389 g/mol. The van der Waals surface area contributed by atoms with Gasteiger partial charge in [0.25, 0.3) is 0 Å². The van der Waals surface area contributed by atoms with Gasteiger partial charge in [-0.05, 0) is 44.0 Å². The second kappa shape index (κ2) is 9.55. The van der Waals surface area contributed by atoms with Gasteiger partial charge in [0.15, 0.2) is 0 Å². The zero-order chi connectivity index (χ0) is 20.0. The van der Waals surface area contributed by atoms with E-state index in [0.717, 1.165) is 22.4 Å². The predicted octanol–water partition coefficient (Wildman–Crippen LogP) is 4.33. The molecule has 27 heavy (non-hydrogen) atoms. The zero-order valence-electron chi connectivity index (χ0n) is 16.1. The molecule has 2 aromatic rings. The normalized spacial score (nSPS) is 10.6. The van der Waals surface area contributed by atoms with Crippen LogP contribution < -0.4 is 5.32 Å². The fourth-order valence-electron chi connectivity index (χ4n) is 2.86. The Hall–Kier alpha value is -2.34. The first kappa shape index (κ1) is 21.0. The summed E-state index contributed by atoms with van der Waals surface area (Å²) >= 11 is 1.30. The van der Waals surface area contributed by atoms with Gasteiger partial charge in [0.1, 0.15) is 5.82 Å². The van der Waals surface area contributed by atoms with Crippen LogP contribution in [0.3, 0.4) is 0 Å². The highest BCUT2D eigenvalue weighted by molar-refractivity contribution is 7.99. The van der Waals surface area contributed by atoms with Crippen LogP contribution in [0.15, 0.2) is 41.3 Å². The molecule has 0 aromatic heterocycles. The summed E-state index contributed by atoms with van der Waals surface area (Å²) in [6.45, 7) is 5.89. The van der Waals surface area contributed by atoms with Crippen LogP contribution in [0.5, 0.6) is 0 Å². The number of hydrogen-bond acceptors (Lipinski definition) is 3. The van der Waals surface area contributed by atoms with Crippen molar-refractivity contribution < 1.29 is 14.0 Å². The number of hydrogen-bond donors (Lipinski definition) is 1. The number of anilines is 1. The highest BCUT2D eigenvalue weighted by atomic mass is 32.2. The summed E-state index contributed by atoms with van der Waals surface area (Å²) in [4.78, 5) is 26.4. The third-order valence-electron chi connectivity index (χ3n) is 4.16. The number of nitrogens with one attached hydrogen (secondary N) is 1. The lowest BCUT2D eigenvalue weighted by Crippen LogP contribution is -2.35. The maximum atomic E-state index is 13.6. The monoisotopic (exact) mass is 388 g/mol. The molecule has 0 radical (unpaired) electrons. The molecule has 0 bridgehead atoms. The fraction of sp³-hybridized carbons (Fsp3) is 0.333. The van der Waals surface area contributed by atoms with E-state index in [1.54, 1.807) is 25.2 Å². The highest BCUT2D eigenvalue weighted by Gasteiger charge is 2.15. The summed E-state index contributed by atoms with van der Waals surface area (Å²) in [6, 6.07) is 10.5. The molecule has 0 aliphatic rings. The molecule has 1 N–H and O–H groups in total. The second-order valence-corrected chi connectivity index (χ2v) is 7.74. The van der Waals surface area contributed by atoms with E-state index in [4.69, 9.17) is 0 Å². The first-order valence-electron chi connectivity index (χ1n) is 8.77. The Bertz CT molecular complexity index is 816. The standard InChI is InChI=1S/C21H25FN2O2S/c1-14-11-15(2)21(16(3)12-14)23-19(25)13-24(4)20(26)9-10-27-18-8-6-5-7-17(18)22/h5-8,11-12H,9-10,13H2,1-4H3,(H,23,25). The lowest BCUT2D eigenvalue weighted by Gasteiger charge is -2.18. The fourth-order valence-corrected chi connectivity index (χ4v) is 3.74. The average Bonchev–Trinajstić information content (AvgIpc) is 2.59.